The zero-order valence-corrected chi connectivity index (χ0v) is 13.9. The van der Waals surface area contributed by atoms with E-state index in [-0.39, 0.29) is 35.6 Å². The van der Waals surface area contributed by atoms with Gasteiger partial charge in [-0.2, -0.15) is 8.78 Å². The Kier molecular flexibility index (Phi) is 7.41. The van der Waals surface area contributed by atoms with Crippen molar-refractivity contribution < 1.29 is 18.3 Å². The van der Waals surface area contributed by atoms with Gasteiger partial charge in [0.25, 0.3) is 5.91 Å². The second-order valence-electron chi connectivity index (χ2n) is 4.66. The topological polar surface area (TPSA) is 64.3 Å². The molecule has 1 atom stereocenters. The molecule has 1 aromatic heterocycles. The molecule has 2 rings (SSSR count). The van der Waals surface area contributed by atoms with E-state index in [4.69, 9.17) is 5.73 Å². The van der Waals surface area contributed by atoms with Gasteiger partial charge in [0, 0.05) is 17.5 Å². The van der Waals surface area contributed by atoms with Gasteiger partial charge < -0.3 is 15.8 Å². The Morgan fingerprint density at radius 2 is 2.00 bits per heavy atom. The molecule has 0 bridgehead atoms. The molecular weight excluding hydrogens is 346 g/mol. The highest BCUT2D eigenvalue weighted by molar-refractivity contribution is 7.14. The fraction of sp³-hybridized carbons (Fsp3) is 0.267. The lowest BCUT2D eigenvalue weighted by Gasteiger charge is -2.13. The summed E-state index contributed by atoms with van der Waals surface area (Å²) in [7, 11) is 0. The number of aryl methyl sites for hydroxylation is 1. The number of carbonyl (C=O) groups is 1. The zero-order valence-electron chi connectivity index (χ0n) is 12.3. The number of rotatable bonds is 6. The van der Waals surface area contributed by atoms with Gasteiger partial charge in [0.15, 0.2) is 0 Å². The predicted octanol–water partition coefficient (Wildman–Crippen LogP) is 3.51. The minimum absolute atomic E-state index is 0. The number of alkyl halides is 2. The second kappa shape index (κ2) is 8.81. The van der Waals surface area contributed by atoms with Crippen molar-refractivity contribution in [1.29, 1.82) is 0 Å². The van der Waals surface area contributed by atoms with E-state index < -0.39 is 12.5 Å². The quantitative estimate of drug-likeness (QED) is 0.826. The van der Waals surface area contributed by atoms with Gasteiger partial charge in [-0.15, -0.1) is 23.7 Å². The Morgan fingerprint density at radius 3 is 2.61 bits per heavy atom. The van der Waals surface area contributed by atoms with Crippen LogP contribution in [-0.2, 0) is 0 Å². The third kappa shape index (κ3) is 5.46. The van der Waals surface area contributed by atoms with Gasteiger partial charge in [-0.1, -0.05) is 30.3 Å². The highest BCUT2D eigenvalue weighted by Gasteiger charge is 2.19. The van der Waals surface area contributed by atoms with Crippen LogP contribution in [0.3, 0.4) is 0 Å². The minimum atomic E-state index is -2.97. The summed E-state index contributed by atoms with van der Waals surface area (Å²) in [4.78, 5) is 13.0. The molecule has 0 radical (unpaired) electrons. The van der Waals surface area contributed by atoms with Gasteiger partial charge in [0.2, 0.25) is 0 Å². The van der Waals surface area contributed by atoms with Crippen molar-refractivity contribution in [3.63, 3.8) is 0 Å². The smallest absolute Gasteiger partial charge is 0.387 e. The first kappa shape index (κ1) is 19.3. The summed E-state index contributed by atoms with van der Waals surface area (Å²) in [5.74, 6) is -0.580. The van der Waals surface area contributed by atoms with Crippen LogP contribution in [0.5, 0.6) is 5.75 Å². The monoisotopic (exact) mass is 362 g/mol. The van der Waals surface area contributed by atoms with Crippen LogP contribution in [0.4, 0.5) is 8.78 Å². The first-order valence-electron chi connectivity index (χ1n) is 6.61. The van der Waals surface area contributed by atoms with E-state index in [9.17, 15) is 13.6 Å². The summed E-state index contributed by atoms with van der Waals surface area (Å²) in [6, 6.07) is 10.3. The number of nitrogens with two attached hydrogens (primary N) is 1. The molecule has 0 fully saturated rings. The van der Waals surface area contributed by atoms with E-state index in [1.807, 2.05) is 30.3 Å². The summed E-state index contributed by atoms with van der Waals surface area (Å²) in [6.07, 6.45) is 0. The molecule has 0 spiro atoms. The van der Waals surface area contributed by atoms with Crippen molar-refractivity contribution in [1.82, 2.24) is 5.32 Å². The van der Waals surface area contributed by atoms with Crippen molar-refractivity contribution in [2.45, 2.75) is 19.6 Å². The molecule has 4 nitrogen and oxygen atoms in total. The van der Waals surface area contributed by atoms with E-state index in [1.165, 1.54) is 6.07 Å². The van der Waals surface area contributed by atoms with E-state index in [2.05, 4.69) is 10.1 Å². The standard InChI is InChI=1S/C15H16F2N2O2S.ClH/c1-9-7-12(21-15(16)17)13(22-9)14(20)19-8-11(18)10-5-3-2-4-6-10;/h2-7,11,15H,8,18H2,1H3,(H,19,20);1H. The van der Waals surface area contributed by atoms with Crippen LogP contribution >= 0.6 is 23.7 Å². The molecule has 1 unspecified atom stereocenters. The number of ether oxygens (including phenoxy) is 1. The molecule has 0 saturated carbocycles. The molecule has 1 aromatic carbocycles. The SMILES string of the molecule is Cc1cc(OC(F)F)c(C(=O)NCC(N)c2ccccc2)s1.Cl. The van der Waals surface area contributed by atoms with Crippen LogP contribution in [0, 0.1) is 6.92 Å². The first-order chi connectivity index (χ1) is 10.5. The maximum atomic E-state index is 12.3. The maximum Gasteiger partial charge on any atom is 0.387 e. The van der Waals surface area contributed by atoms with E-state index in [1.54, 1.807) is 6.92 Å². The number of amides is 1. The minimum Gasteiger partial charge on any atom is -0.433 e. The average Bonchev–Trinajstić information content (AvgIpc) is 2.85. The van der Waals surface area contributed by atoms with Crippen LogP contribution in [0.2, 0.25) is 0 Å². The predicted molar refractivity (Wildman–Crippen MR) is 88.6 cm³/mol. The Bertz CT molecular complexity index is 638. The summed E-state index contributed by atoms with van der Waals surface area (Å²) in [5, 5.41) is 2.65. The molecule has 0 aliphatic rings. The molecule has 126 valence electrons. The van der Waals surface area contributed by atoms with E-state index >= 15 is 0 Å². The van der Waals surface area contributed by atoms with E-state index in [0.29, 0.717) is 4.88 Å². The van der Waals surface area contributed by atoms with Gasteiger partial charge in [-0.05, 0) is 18.6 Å². The third-order valence-electron chi connectivity index (χ3n) is 2.95. The number of carbonyl (C=O) groups excluding carboxylic acids is 1. The number of halogens is 3. The number of hydrogen-bond donors (Lipinski definition) is 2. The van der Waals surface area contributed by atoms with Gasteiger partial charge in [0.1, 0.15) is 10.6 Å². The molecule has 23 heavy (non-hydrogen) atoms. The number of benzene rings is 1. The second-order valence-corrected chi connectivity index (χ2v) is 5.91. The Hall–Kier alpha value is -1.70. The van der Waals surface area contributed by atoms with Gasteiger partial charge in [-0.3, -0.25) is 4.79 Å². The average molecular weight is 363 g/mol. The summed E-state index contributed by atoms with van der Waals surface area (Å²) in [5.41, 5.74) is 6.87. The van der Waals surface area contributed by atoms with Crippen molar-refractivity contribution >= 4 is 29.7 Å². The maximum absolute atomic E-state index is 12.3. The zero-order chi connectivity index (χ0) is 16.1. The van der Waals surface area contributed by atoms with Crippen molar-refractivity contribution in [2.75, 3.05) is 6.54 Å². The molecule has 0 saturated heterocycles. The van der Waals surface area contributed by atoms with Crippen LogP contribution in [0.15, 0.2) is 36.4 Å². The van der Waals surface area contributed by atoms with Crippen molar-refractivity contribution in [3.8, 4) is 5.75 Å². The number of nitrogens with one attached hydrogen (secondary N) is 1. The normalized spacial score (nSPS) is 11.7. The highest BCUT2D eigenvalue weighted by Crippen LogP contribution is 2.30. The molecule has 1 amide bonds. The Labute approximate surface area is 143 Å². The summed E-state index contributed by atoms with van der Waals surface area (Å²) >= 11 is 1.10. The number of hydrogen-bond acceptors (Lipinski definition) is 4. The first-order valence-corrected chi connectivity index (χ1v) is 7.43. The molecule has 0 aliphatic heterocycles. The largest absolute Gasteiger partial charge is 0.433 e. The summed E-state index contributed by atoms with van der Waals surface area (Å²) in [6.45, 7) is -1.05. The van der Waals surface area contributed by atoms with Crippen LogP contribution < -0.4 is 15.8 Å². The lowest BCUT2D eigenvalue weighted by molar-refractivity contribution is -0.0498. The van der Waals surface area contributed by atoms with Gasteiger partial charge in [0.05, 0.1) is 0 Å². The molecule has 2 aromatic rings. The van der Waals surface area contributed by atoms with Crippen LogP contribution in [0.1, 0.15) is 26.2 Å². The molecule has 8 heteroatoms. The van der Waals surface area contributed by atoms with Crippen molar-refractivity contribution in [2.24, 2.45) is 5.73 Å². The highest BCUT2D eigenvalue weighted by atomic mass is 35.5. The molecule has 0 aliphatic carbocycles. The Morgan fingerprint density at radius 1 is 1.35 bits per heavy atom. The molecule has 3 N–H and O–H groups in total. The van der Waals surface area contributed by atoms with Crippen LogP contribution in [0.25, 0.3) is 0 Å². The lowest BCUT2D eigenvalue weighted by Crippen LogP contribution is -2.31. The van der Waals surface area contributed by atoms with E-state index in [0.717, 1.165) is 16.9 Å². The molecular formula is C15H17ClF2N2O2S. The Balaban J connectivity index is 0.00000264. The van der Waals surface area contributed by atoms with Crippen molar-refractivity contribution in [3.05, 3.63) is 51.7 Å². The fourth-order valence-corrected chi connectivity index (χ4v) is 2.79. The summed E-state index contributed by atoms with van der Waals surface area (Å²) < 4.78 is 29.0. The molecule has 1 heterocycles. The number of thiophene rings is 1. The fourth-order valence-electron chi connectivity index (χ4n) is 1.93. The lowest BCUT2D eigenvalue weighted by atomic mass is 10.1. The van der Waals surface area contributed by atoms with Crippen LogP contribution in [-0.4, -0.2) is 19.1 Å². The van der Waals surface area contributed by atoms with Gasteiger partial charge >= 0.3 is 6.61 Å². The third-order valence-corrected chi connectivity index (χ3v) is 3.98. The van der Waals surface area contributed by atoms with Gasteiger partial charge in [-0.25, -0.2) is 0 Å².